The number of nitrogens with one attached hydrogen (secondary N) is 1. The van der Waals surface area contributed by atoms with Gasteiger partial charge >= 0.3 is 5.97 Å². The third-order valence-electron chi connectivity index (χ3n) is 7.62. The molecular weight excluding hydrogens is 502 g/mol. The Morgan fingerprint density at radius 3 is 2.71 bits per heavy atom. The molecule has 0 aliphatic carbocycles. The third-order valence-corrected chi connectivity index (χ3v) is 9.48. The highest BCUT2D eigenvalue weighted by Crippen LogP contribution is 2.38. The highest BCUT2D eigenvalue weighted by Gasteiger charge is 2.40. The van der Waals surface area contributed by atoms with E-state index >= 15 is 0 Å². The van der Waals surface area contributed by atoms with E-state index in [0.29, 0.717) is 28.8 Å². The number of anilines is 2. The predicted molar refractivity (Wildman–Crippen MR) is 148 cm³/mol. The first-order valence-electron chi connectivity index (χ1n) is 13.1. The Kier molecular flexibility index (Phi) is 7.13. The first kappa shape index (κ1) is 26.5. The summed E-state index contributed by atoms with van der Waals surface area (Å²) in [5, 5.41) is 5.10. The summed E-state index contributed by atoms with van der Waals surface area (Å²) in [6.07, 6.45) is 6.06. The summed E-state index contributed by atoms with van der Waals surface area (Å²) in [5.74, 6) is 2.01. The molecule has 0 bridgehead atoms. The number of carbonyl (C=O) groups excluding carboxylic acids is 1. The van der Waals surface area contributed by atoms with Crippen molar-refractivity contribution in [3.8, 4) is 5.88 Å². The first-order chi connectivity index (χ1) is 18.0. The van der Waals surface area contributed by atoms with Crippen molar-refractivity contribution in [2.24, 2.45) is 5.73 Å². The highest BCUT2D eigenvalue weighted by molar-refractivity contribution is 7.85. The number of pyridine rings is 3. The molecule has 3 aromatic rings. The second-order valence-corrected chi connectivity index (χ2v) is 12.7. The van der Waals surface area contributed by atoms with Gasteiger partial charge in [0.25, 0.3) is 0 Å². The van der Waals surface area contributed by atoms with Crippen LogP contribution in [0.2, 0.25) is 0 Å². The van der Waals surface area contributed by atoms with E-state index in [2.05, 4.69) is 15.3 Å². The van der Waals surface area contributed by atoms with Gasteiger partial charge in [-0.1, -0.05) is 6.92 Å². The zero-order chi connectivity index (χ0) is 27.2. The number of cyclic esters (lactones) is 1. The summed E-state index contributed by atoms with van der Waals surface area (Å²) in [5.41, 5.74) is 7.69. The molecule has 2 aliphatic heterocycles. The maximum Gasteiger partial charge on any atom is 0.340 e. The van der Waals surface area contributed by atoms with Crippen LogP contribution in [0.5, 0.6) is 5.88 Å². The van der Waals surface area contributed by atoms with Gasteiger partial charge in [-0.3, -0.25) is 4.21 Å². The van der Waals surface area contributed by atoms with Crippen molar-refractivity contribution in [2.75, 3.05) is 11.1 Å². The first-order valence-corrected chi connectivity index (χ1v) is 14.5. The van der Waals surface area contributed by atoms with E-state index in [1.165, 1.54) is 0 Å². The van der Waals surface area contributed by atoms with Gasteiger partial charge in [0.1, 0.15) is 17.2 Å². The van der Waals surface area contributed by atoms with Gasteiger partial charge in [0.15, 0.2) is 0 Å². The van der Waals surface area contributed by atoms with Crippen LogP contribution in [0.15, 0.2) is 30.6 Å². The molecule has 202 valence electrons. The number of nitrogens with zero attached hydrogens (tertiary/aromatic N) is 3. The molecule has 3 N–H and O–H groups in total. The number of aromatic nitrogens is 3. The van der Waals surface area contributed by atoms with Crippen LogP contribution in [0.25, 0.3) is 10.8 Å². The number of ether oxygens (including phenoxy) is 2. The van der Waals surface area contributed by atoms with Gasteiger partial charge in [-0.15, -0.1) is 0 Å². The van der Waals surface area contributed by atoms with Gasteiger partial charge in [-0.2, -0.15) is 0 Å². The van der Waals surface area contributed by atoms with Crippen molar-refractivity contribution in [2.45, 2.75) is 82.8 Å². The van der Waals surface area contributed by atoms with Crippen LogP contribution in [0.3, 0.4) is 0 Å². The molecule has 1 saturated heterocycles. The Morgan fingerprint density at radius 1 is 1.21 bits per heavy atom. The van der Waals surface area contributed by atoms with Gasteiger partial charge in [0.05, 0.1) is 22.7 Å². The van der Waals surface area contributed by atoms with Gasteiger partial charge < -0.3 is 20.5 Å². The van der Waals surface area contributed by atoms with E-state index in [9.17, 15) is 9.00 Å². The molecule has 5 rings (SSSR count). The summed E-state index contributed by atoms with van der Waals surface area (Å²) in [4.78, 5) is 26.4. The minimum atomic E-state index is -0.778. The molecule has 2 aliphatic rings. The molecule has 9 nitrogen and oxygen atoms in total. The fourth-order valence-electron chi connectivity index (χ4n) is 5.13. The smallest absolute Gasteiger partial charge is 0.340 e. The van der Waals surface area contributed by atoms with Crippen molar-refractivity contribution < 1.29 is 18.5 Å². The number of esters is 1. The van der Waals surface area contributed by atoms with Crippen LogP contribution in [0.1, 0.15) is 87.5 Å². The largest absolute Gasteiger partial charge is 0.474 e. The van der Waals surface area contributed by atoms with Crippen LogP contribution >= 0.6 is 0 Å². The zero-order valence-corrected chi connectivity index (χ0v) is 23.3. The quantitative estimate of drug-likeness (QED) is 0.404. The van der Waals surface area contributed by atoms with Crippen molar-refractivity contribution >= 4 is 39.2 Å². The van der Waals surface area contributed by atoms with Gasteiger partial charge in [-0.25, -0.2) is 19.7 Å². The second-order valence-electron chi connectivity index (χ2n) is 10.9. The number of fused-ring (bicyclic) bond motifs is 2. The van der Waals surface area contributed by atoms with Crippen molar-refractivity contribution in [1.82, 2.24) is 15.0 Å². The lowest BCUT2D eigenvalue weighted by molar-refractivity contribution is -0.0189. The summed E-state index contributed by atoms with van der Waals surface area (Å²) in [6, 6.07) is 5.16. The van der Waals surface area contributed by atoms with Gasteiger partial charge in [0.2, 0.25) is 5.88 Å². The van der Waals surface area contributed by atoms with E-state index in [4.69, 9.17) is 20.2 Å². The number of rotatable bonds is 7. The molecule has 1 fully saturated rings. The van der Waals surface area contributed by atoms with Crippen molar-refractivity contribution in [3.63, 3.8) is 0 Å². The van der Waals surface area contributed by atoms with E-state index in [1.807, 2.05) is 40.7 Å². The van der Waals surface area contributed by atoms with Gasteiger partial charge in [0, 0.05) is 46.2 Å². The molecule has 5 heterocycles. The highest BCUT2D eigenvalue weighted by atomic mass is 32.2. The van der Waals surface area contributed by atoms with Crippen molar-refractivity contribution in [3.05, 3.63) is 47.4 Å². The SMILES string of the molecule is CC(CC1CCCS1=O)Oc1ncc(C(C)N)c2cc(Nc3ccc4c(n3)C(C)C(C)(C)OC4=O)ncc12. The molecule has 5 atom stereocenters. The Labute approximate surface area is 225 Å². The number of nitrogens with two attached hydrogens (primary N) is 1. The van der Waals surface area contributed by atoms with E-state index in [-0.39, 0.29) is 29.3 Å². The second kappa shape index (κ2) is 10.2. The molecule has 0 amide bonds. The maximum atomic E-state index is 12.4. The van der Waals surface area contributed by atoms with Crippen LogP contribution in [0.4, 0.5) is 11.6 Å². The average Bonchev–Trinajstić information content (AvgIpc) is 3.26. The molecule has 10 heteroatoms. The molecule has 5 unspecified atom stereocenters. The number of carbonyl (C=O) groups is 1. The minimum absolute atomic E-state index is 0.0689. The number of hydrogen-bond donors (Lipinski definition) is 2. The molecule has 38 heavy (non-hydrogen) atoms. The van der Waals surface area contributed by atoms with Crippen LogP contribution in [-0.2, 0) is 15.5 Å². The molecule has 0 radical (unpaired) electrons. The average molecular weight is 538 g/mol. The predicted octanol–water partition coefficient (Wildman–Crippen LogP) is 4.91. The Morgan fingerprint density at radius 2 is 2.00 bits per heavy atom. The standard InChI is InChI=1S/C28H35N5O4S/c1-15(11-18-7-6-10-38(18)35)36-26-22-14-30-24(12-20(22)21(13-31-26)17(3)29)32-23-9-8-19-25(33-23)16(2)28(4,5)37-27(19)34/h8-9,12-18H,6-7,10-11,29H2,1-5H3,(H,30,32,33). The fraction of sp³-hybridized carbons (Fsp3) is 0.500. The summed E-state index contributed by atoms with van der Waals surface area (Å²) < 4.78 is 24.0. The van der Waals surface area contributed by atoms with Crippen LogP contribution < -0.4 is 15.8 Å². The Hall–Kier alpha value is -3.11. The molecule has 0 saturated carbocycles. The number of hydrogen-bond acceptors (Lipinski definition) is 9. The van der Waals surface area contributed by atoms with E-state index in [0.717, 1.165) is 41.4 Å². The summed E-state index contributed by atoms with van der Waals surface area (Å²) in [6.45, 7) is 9.69. The molecular formula is C28H35N5O4S. The lowest BCUT2D eigenvalue weighted by Gasteiger charge is -2.36. The monoisotopic (exact) mass is 537 g/mol. The molecule has 0 spiro atoms. The lowest BCUT2D eigenvalue weighted by Crippen LogP contribution is -2.39. The van der Waals surface area contributed by atoms with Crippen molar-refractivity contribution in [1.29, 1.82) is 0 Å². The lowest BCUT2D eigenvalue weighted by atomic mass is 9.84. The fourth-order valence-corrected chi connectivity index (χ4v) is 6.83. The Bertz CT molecular complexity index is 1410. The normalized spacial score (nSPS) is 23.9. The van der Waals surface area contributed by atoms with E-state index in [1.54, 1.807) is 24.5 Å². The van der Waals surface area contributed by atoms with Gasteiger partial charge in [-0.05, 0) is 76.1 Å². The van der Waals surface area contributed by atoms with Crippen LogP contribution in [0, 0.1) is 0 Å². The van der Waals surface area contributed by atoms with E-state index < -0.39 is 16.4 Å². The maximum absolute atomic E-state index is 12.4. The molecule has 3 aromatic heterocycles. The minimum Gasteiger partial charge on any atom is -0.474 e. The molecule has 0 aromatic carbocycles. The zero-order valence-electron chi connectivity index (χ0n) is 22.5. The topological polar surface area (TPSA) is 129 Å². The Balaban J connectivity index is 1.43. The summed E-state index contributed by atoms with van der Waals surface area (Å²) in [7, 11) is -0.778. The van der Waals surface area contributed by atoms with Crippen LogP contribution in [-0.4, -0.2) is 47.8 Å². The summed E-state index contributed by atoms with van der Waals surface area (Å²) >= 11 is 0. The third kappa shape index (κ3) is 5.11.